The fraction of sp³-hybridized carbons (Fsp3) is 0. The molecule has 0 fully saturated rings. The molecule has 0 amide bonds. The van der Waals surface area contributed by atoms with Crippen LogP contribution in [0.3, 0.4) is 0 Å². The third kappa shape index (κ3) is 4.43. The second-order valence-electron chi connectivity index (χ2n) is 12.9. The van der Waals surface area contributed by atoms with Gasteiger partial charge in [0.15, 0.2) is 0 Å². The third-order valence-electron chi connectivity index (χ3n) is 10.1. The molecular formula is C48H32N2. The SMILES string of the molecule is c1ccc(-c2cc(-c3ccccc3)c3c(c2)c2cc(-c4cccc5c4c4ccccc4n5-c4ccccc4)ccc2n3-c2ccccc2)cc1. The summed E-state index contributed by atoms with van der Waals surface area (Å²) in [4.78, 5) is 0. The molecule has 0 saturated carbocycles. The first-order valence-electron chi connectivity index (χ1n) is 17.2. The Morgan fingerprint density at radius 2 is 0.840 bits per heavy atom. The van der Waals surface area contributed by atoms with Crippen LogP contribution in [0.15, 0.2) is 194 Å². The molecule has 2 nitrogen and oxygen atoms in total. The molecule has 2 aromatic heterocycles. The van der Waals surface area contributed by atoms with Crippen LogP contribution in [-0.4, -0.2) is 9.13 Å². The Morgan fingerprint density at radius 3 is 1.56 bits per heavy atom. The first kappa shape index (κ1) is 28.4. The van der Waals surface area contributed by atoms with E-state index < -0.39 is 0 Å². The first-order valence-corrected chi connectivity index (χ1v) is 17.2. The number of aromatic nitrogens is 2. The highest BCUT2D eigenvalue weighted by Gasteiger charge is 2.21. The highest BCUT2D eigenvalue weighted by atomic mass is 15.0. The van der Waals surface area contributed by atoms with Crippen molar-refractivity contribution in [3.05, 3.63) is 194 Å². The van der Waals surface area contributed by atoms with Crippen LogP contribution < -0.4 is 0 Å². The smallest absolute Gasteiger partial charge is 0.0619 e. The van der Waals surface area contributed by atoms with Crippen molar-refractivity contribution in [1.82, 2.24) is 9.13 Å². The van der Waals surface area contributed by atoms with Gasteiger partial charge in [-0.3, -0.25) is 0 Å². The molecule has 0 N–H and O–H groups in total. The van der Waals surface area contributed by atoms with Crippen LogP contribution in [0.25, 0.3) is 88.4 Å². The molecule has 0 spiro atoms. The van der Waals surface area contributed by atoms with Crippen molar-refractivity contribution in [2.45, 2.75) is 0 Å². The van der Waals surface area contributed by atoms with Crippen molar-refractivity contribution in [2.24, 2.45) is 0 Å². The zero-order valence-electron chi connectivity index (χ0n) is 27.4. The Bertz CT molecular complexity index is 2830. The number of hydrogen-bond donors (Lipinski definition) is 0. The van der Waals surface area contributed by atoms with Crippen molar-refractivity contribution < 1.29 is 0 Å². The van der Waals surface area contributed by atoms with Gasteiger partial charge in [0.2, 0.25) is 0 Å². The summed E-state index contributed by atoms with van der Waals surface area (Å²) < 4.78 is 4.85. The number of nitrogens with zero attached hydrogens (tertiary/aromatic N) is 2. The minimum absolute atomic E-state index is 1.15. The van der Waals surface area contributed by atoms with E-state index in [2.05, 4.69) is 203 Å². The summed E-state index contributed by atoms with van der Waals surface area (Å²) in [5.74, 6) is 0. The van der Waals surface area contributed by atoms with E-state index >= 15 is 0 Å². The van der Waals surface area contributed by atoms with Gasteiger partial charge in [-0.1, -0.05) is 133 Å². The fourth-order valence-electron chi connectivity index (χ4n) is 7.91. The second-order valence-corrected chi connectivity index (χ2v) is 12.9. The van der Waals surface area contributed by atoms with Gasteiger partial charge in [0.1, 0.15) is 0 Å². The average Bonchev–Trinajstić information content (AvgIpc) is 3.71. The molecule has 0 radical (unpaired) electrons. The van der Waals surface area contributed by atoms with Crippen LogP contribution in [-0.2, 0) is 0 Å². The molecule has 2 heteroatoms. The first-order chi connectivity index (χ1) is 24.8. The molecule has 0 unspecified atom stereocenters. The largest absolute Gasteiger partial charge is 0.309 e. The zero-order chi connectivity index (χ0) is 33.0. The number of fused-ring (bicyclic) bond motifs is 6. The predicted octanol–water partition coefficient (Wildman–Crippen LogP) is 12.9. The Morgan fingerprint density at radius 1 is 0.280 bits per heavy atom. The number of benzene rings is 8. The van der Waals surface area contributed by atoms with Crippen LogP contribution in [0.5, 0.6) is 0 Å². The molecule has 10 aromatic rings. The maximum atomic E-state index is 2.45. The molecule has 0 aliphatic heterocycles. The minimum atomic E-state index is 1.15. The Kier molecular flexibility index (Phi) is 6.53. The van der Waals surface area contributed by atoms with Crippen molar-refractivity contribution in [3.63, 3.8) is 0 Å². The maximum absolute atomic E-state index is 2.45. The van der Waals surface area contributed by atoms with Crippen LogP contribution in [0.2, 0.25) is 0 Å². The van der Waals surface area contributed by atoms with E-state index in [0.717, 1.165) is 5.69 Å². The summed E-state index contributed by atoms with van der Waals surface area (Å²) in [5.41, 5.74) is 14.4. The van der Waals surface area contributed by atoms with Gasteiger partial charge in [-0.25, -0.2) is 0 Å². The topological polar surface area (TPSA) is 9.86 Å². The molecule has 50 heavy (non-hydrogen) atoms. The summed E-state index contributed by atoms with van der Waals surface area (Å²) in [6.07, 6.45) is 0. The molecule has 234 valence electrons. The molecule has 8 aromatic carbocycles. The van der Waals surface area contributed by atoms with E-state index in [1.165, 1.54) is 82.7 Å². The fourth-order valence-corrected chi connectivity index (χ4v) is 7.91. The van der Waals surface area contributed by atoms with Gasteiger partial charge in [-0.15, -0.1) is 0 Å². The number of hydrogen-bond acceptors (Lipinski definition) is 0. The van der Waals surface area contributed by atoms with Gasteiger partial charge in [-0.05, 0) is 88.5 Å². The van der Waals surface area contributed by atoms with Crippen molar-refractivity contribution in [3.8, 4) is 44.8 Å². The Hall–Kier alpha value is -6.64. The molecule has 10 rings (SSSR count). The van der Waals surface area contributed by atoms with Crippen molar-refractivity contribution in [2.75, 3.05) is 0 Å². The van der Waals surface area contributed by atoms with Crippen LogP contribution in [0.4, 0.5) is 0 Å². The standard InChI is InChI=1S/C48H32N2/c1-5-16-33(17-6-1)36-31-41(34-18-7-2-8-19-34)48-43(32-36)42-30-35(28-29-45(42)50(48)38-22-11-4-12-23-38)39-25-15-27-46-47(39)40-24-13-14-26-44(40)49(46)37-20-9-3-10-21-37/h1-32H. The quantitative estimate of drug-likeness (QED) is 0.178. The Balaban J connectivity index is 1.31. The van der Waals surface area contributed by atoms with Crippen molar-refractivity contribution in [1.29, 1.82) is 0 Å². The molecule has 0 saturated heterocycles. The lowest BCUT2D eigenvalue weighted by molar-refractivity contribution is 1.18. The highest BCUT2D eigenvalue weighted by molar-refractivity contribution is 6.19. The van der Waals surface area contributed by atoms with E-state index in [1.54, 1.807) is 0 Å². The molecule has 0 aliphatic rings. The lowest BCUT2D eigenvalue weighted by Crippen LogP contribution is -1.95. The molecule has 0 bridgehead atoms. The lowest BCUT2D eigenvalue weighted by atomic mass is 9.94. The van der Waals surface area contributed by atoms with Gasteiger partial charge >= 0.3 is 0 Å². The second kappa shape index (κ2) is 11.5. The normalized spacial score (nSPS) is 11.6. The number of rotatable bonds is 5. The van der Waals surface area contributed by atoms with Gasteiger partial charge in [0, 0.05) is 38.5 Å². The minimum Gasteiger partial charge on any atom is -0.309 e. The highest BCUT2D eigenvalue weighted by Crippen LogP contribution is 2.44. The van der Waals surface area contributed by atoms with Gasteiger partial charge in [0.25, 0.3) is 0 Å². The molecular weight excluding hydrogens is 605 g/mol. The number of para-hydroxylation sites is 3. The Labute approximate surface area is 290 Å². The van der Waals surface area contributed by atoms with Crippen LogP contribution >= 0.6 is 0 Å². The lowest BCUT2D eigenvalue weighted by Gasteiger charge is -2.13. The molecule has 0 aliphatic carbocycles. The van der Waals surface area contributed by atoms with Crippen LogP contribution in [0, 0.1) is 0 Å². The summed E-state index contributed by atoms with van der Waals surface area (Å²) in [5, 5.41) is 5.00. The molecule has 2 heterocycles. The van der Waals surface area contributed by atoms with E-state index in [-0.39, 0.29) is 0 Å². The summed E-state index contributed by atoms with van der Waals surface area (Å²) >= 11 is 0. The zero-order valence-corrected chi connectivity index (χ0v) is 27.4. The van der Waals surface area contributed by atoms with Gasteiger partial charge in [0.05, 0.1) is 22.1 Å². The van der Waals surface area contributed by atoms with Gasteiger partial charge in [-0.2, -0.15) is 0 Å². The third-order valence-corrected chi connectivity index (χ3v) is 10.1. The van der Waals surface area contributed by atoms with Crippen molar-refractivity contribution >= 4 is 43.6 Å². The van der Waals surface area contributed by atoms with Crippen LogP contribution in [0.1, 0.15) is 0 Å². The summed E-state index contributed by atoms with van der Waals surface area (Å²) in [7, 11) is 0. The maximum Gasteiger partial charge on any atom is 0.0619 e. The van der Waals surface area contributed by atoms with E-state index in [0.29, 0.717) is 0 Å². The summed E-state index contributed by atoms with van der Waals surface area (Å²) in [6.45, 7) is 0. The predicted molar refractivity (Wildman–Crippen MR) is 211 cm³/mol. The van der Waals surface area contributed by atoms with E-state index in [4.69, 9.17) is 0 Å². The summed E-state index contributed by atoms with van der Waals surface area (Å²) in [6, 6.07) is 70.4. The monoisotopic (exact) mass is 636 g/mol. The van der Waals surface area contributed by atoms with Gasteiger partial charge < -0.3 is 9.13 Å². The molecule has 0 atom stereocenters. The van der Waals surface area contributed by atoms with E-state index in [1.807, 2.05) is 0 Å². The van der Waals surface area contributed by atoms with E-state index in [9.17, 15) is 0 Å². The average molecular weight is 637 g/mol.